The van der Waals surface area contributed by atoms with Gasteiger partial charge in [-0.25, -0.2) is 0 Å². The van der Waals surface area contributed by atoms with Crippen LogP contribution < -0.4 is 14.8 Å². The lowest BCUT2D eigenvalue weighted by molar-refractivity contribution is 0.102. The van der Waals surface area contributed by atoms with Gasteiger partial charge in [-0.1, -0.05) is 11.6 Å². The second-order valence-corrected chi connectivity index (χ2v) is 5.99. The van der Waals surface area contributed by atoms with Crippen LogP contribution in [0.25, 0.3) is 10.9 Å². The summed E-state index contributed by atoms with van der Waals surface area (Å²) in [6.45, 7) is 5.00. The number of carbonyl (C=O) groups is 1. The van der Waals surface area contributed by atoms with E-state index in [0.29, 0.717) is 36.0 Å². The maximum Gasteiger partial charge on any atom is 0.258 e. The molecule has 3 aromatic rings. The van der Waals surface area contributed by atoms with Gasteiger partial charge in [-0.3, -0.25) is 4.79 Å². The Kier molecular flexibility index (Phi) is 3.41. The molecule has 0 fully saturated rings. The summed E-state index contributed by atoms with van der Waals surface area (Å²) >= 11 is 0. The molecule has 1 aliphatic heterocycles. The molecule has 1 aliphatic rings. The number of hydrogen-bond acceptors (Lipinski definition) is 3. The van der Waals surface area contributed by atoms with Crippen LogP contribution in [0.3, 0.4) is 0 Å². The van der Waals surface area contributed by atoms with Gasteiger partial charge in [0.05, 0.1) is 5.56 Å². The molecule has 0 atom stereocenters. The van der Waals surface area contributed by atoms with Crippen LogP contribution in [0.15, 0.2) is 36.4 Å². The van der Waals surface area contributed by atoms with Crippen LogP contribution in [0, 0.1) is 13.8 Å². The highest BCUT2D eigenvalue weighted by molar-refractivity contribution is 6.14. The number of anilines is 1. The van der Waals surface area contributed by atoms with Crippen LogP contribution in [0.4, 0.5) is 5.69 Å². The Morgan fingerprint density at radius 3 is 2.67 bits per heavy atom. The fourth-order valence-electron chi connectivity index (χ4n) is 3.05. The molecule has 0 saturated heterocycles. The van der Waals surface area contributed by atoms with E-state index in [1.807, 2.05) is 44.2 Å². The first-order valence-corrected chi connectivity index (χ1v) is 7.92. The average Bonchev–Trinajstić information content (AvgIpc) is 2.90. The van der Waals surface area contributed by atoms with Crippen LogP contribution >= 0.6 is 0 Å². The Morgan fingerprint density at radius 2 is 1.83 bits per heavy atom. The predicted molar refractivity (Wildman–Crippen MR) is 93.2 cm³/mol. The minimum Gasteiger partial charge on any atom is -0.486 e. The molecule has 2 aromatic carbocycles. The molecule has 0 spiro atoms. The monoisotopic (exact) mass is 322 g/mol. The van der Waals surface area contributed by atoms with Gasteiger partial charge in [-0.05, 0) is 38.1 Å². The van der Waals surface area contributed by atoms with Gasteiger partial charge in [0.25, 0.3) is 5.91 Å². The highest BCUT2D eigenvalue weighted by atomic mass is 16.6. The first kappa shape index (κ1) is 14.6. The number of amides is 1. The molecule has 4 rings (SSSR count). The van der Waals surface area contributed by atoms with Gasteiger partial charge < -0.3 is 19.8 Å². The Labute approximate surface area is 139 Å². The highest BCUT2D eigenvalue weighted by Crippen LogP contribution is 2.33. The van der Waals surface area contributed by atoms with Crippen LogP contribution in [0.1, 0.15) is 21.6 Å². The molecule has 5 nitrogen and oxygen atoms in total. The van der Waals surface area contributed by atoms with Crippen molar-refractivity contribution in [1.29, 1.82) is 0 Å². The lowest BCUT2D eigenvalue weighted by Gasteiger charge is -2.19. The number of aryl methyl sites for hydroxylation is 2. The smallest absolute Gasteiger partial charge is 0.258 e. The van der Waals surface area contributed by atoms with E-state index in [9.17, 15) is 4.79 Å². The Balaban J connectivity index is 1.67. The van der Waals surface area contributed by atoms with Gasteiger partial charge in [0, 0.05) is 28.4 Å². The molecule has 24 heavy (non-hydrogen) atoms. The van der Waals surface area contributed by atoms with Crippen LogP contribution in [0.2, 0.25) is 0 Å². The van der Waals surface area contributed by atoms with E-state index in [1.165, 1.54) is 0 Å². The fourth-order valence-corrected chi connectivity index (χ4v) is 3.05. The summed E-state index contributed by atoms with van der Waals surface area (Å²) in [6.07, 6.45) is 0. The van der Waals surface area contributed by atoms with E-state index in [1.54, 1.807) is 6.07 Å². The molecule has 5 heteroatoms. The van der Waals surface area contributed by atoms with Crippen LogP contribution in [0.5, 0.6) is 11.5 Å². The molecule has 0 aliphatic carbocycles. The van der Waals surface area contributed by atoms with Gasteiger partial charge in [-0.2, -0.15) is 0 Å². The number of benzene rings is 2. The molecular weight excluding hydrogens is 304 g/mol. The highest BCUT2D eigenvalue weighted by Gasteiger charge is 2.18. The zero-order chi connectivity index (χ0) is 16.7. The quantitative estimate of drug-likeness (QED) is 0.754. The van der Waals surface area contributed by atoms with E-state index < -0.39 is 0 Å². The first-order valence-electron chi connectivity index (χ1n) is 7.92. The summed E-state index contributed by atoms with van der Waals surface area (Å²) in [5.41, 5.74) is 4.29. The van der Waals surface area contributed by atoms with Gasteiger partial charge in [-0.15, -0.1) is 0 Å². The molecular formula is C19H18N2O3. The molecule has 1 amide bonds. The van der Waals surface area contributed by atoms with Gasteiger partial charge in [0.2, 0.25) is 0 Å². The standard InChI is InChI=1S/C19H18N2O3/c1-11-3-5-15-14(9-11)18(12(2)20-15)19(22)21-13-4-6-16-17(10-13)24-8-7-23-16/h3-6,9-10,20H,7-8H2,1-2H3,(H,21,22). The average molecular weight is 322 g/mol. The van der Waals surface area contributed by atoms with Crippen LogP contribution in [-0.2, 0) is 0 Å². The van der Waals surface area contributed by atoms with Crippen LogP contribution in [-0.4, -0.2) is 24.1 Å². The van der Waals surface area contributed by atoms with Gasteiger partial charge >= 0.3 is 0 Å². The summed E-state index contributed by atoms with van der Waals surface area (Å²) < 4.78 is 11.1. The number of aromatic amines is 1. The van der Waals surface area contributed by atoms with Crippen molar-refractivity contribution in [3.05, 3.63) is 53.2 Å². The summed E-state index contributed by atoms with van der Waals surface area (Å²) in [5.74, 6) is 1.23. The van der Waals surface area contributed by atoms with E-state index in [0.717, 1.165) is 22.2 Å². The first-order chi connectivity index (χ1) is 11.6. The Morgan fingerprint density at radius 1 is 1.04 bits per heavy atom. The molecule has 1 aromatic heterocycles. The molecule has 0 radical (unpaired) electrons. The van der Waals surface area contributed by atoms with E-state index in [-0.39, 0.29) is 5.91 Å². The number of H-pyrrole nitrogens is 1. The lowest BCUT2D eigenvalue weighted by Crippen LogP contribution is -2.16. The van der Waals surface area contributed by atoms with Crippen molar-refractivity contribution in [3.8, 4) is 11.5 Å². The molecule has 0 unspecified atom stereocenters. The van der Waals surface area contributed by atoms with Gasteiger partial charge in [0.1, 0.15) is 13.2 Å². The molecule has 2 N–H and O–H groups in total. The van der Waals surface area contributed by atoms with E-state index in [2.05, 4.69) is 10.3 Å². The minimum atomic E-state index is -0.138. The SMILES string of the molecule is Cc1ccc2[nH]c(C)c(C(=O)Nc3ccc4c(c3)OCCO4)c2c1. The van der Waals surface area contributed by atoms with Crippen molar-refractivity contribution >= 4 is 22.5 Å². The summed E-state index contributed by atoms with van der Waals surface area (Å²) in [4.78, 5) is 16.1. The van der Waals surface area contributed by atoms with Crippen molar-refractivity contribution < 1.29 is 14.3 Å². The number of nitrogens with one attached hydrogen (secondary N) is 2. The maximum absolute atomic E-state index is 12.8. The molecule has 2 heterocycles. The number of ether oxygens (including phenoxy) is 2. The fraction of sp³-hybridized carbons (Fsp3) is 0.211. The number of hydrogen-bond donors (Lipinski definition) is 2. The van der Waals surface area contributed by atoms with E-state index in [4.69, 9.17) is 9.47 Å². The second-order valence-electron chi connectivity index (χ2n) is 5.99. The zero-order valence-electron chi connectivity index (χ0n) is 13.6. The third-order valence-electron chi connectivity index (χ3n) is 4.17. The van der Waals surface area contributed by atoms with Crippen molar-refractivity contribution in [3.63, 3.8) is 0 Å². The normalized spacial score (nSPS) is 13.1. The molecule has 0 saturated carbocycles. The Bertz CT molecular complexity index is 943. The zero-order valence-corrected chi connectivity index (χ0v) is 13.6. The molecule has 122 valence electrons. The number of aromatic nitrogens is 1. The van der Waals surface area contributed by atoms with Crippen molar-refractivity contribution in [2.45, 2.75) is 13.8 Å². The van der Waals surface area contributed by atoms with Crippen molar-refractivity contribution in [2.24, 2.45) is 0 Å². The second kappa shape index (κ2) is 5.60. The third-order valence-corrected chi connectivity index (χ3v) is 4.17. The van der Waals surface area contributed by atoms with Crippen molar-refractivity contribution in [2.75, 3.05) is 18.5 Å². The summed E-state index contributed by atoms with van der Waals surface area (Å²) in [6, 6.07) is 11.5. The van der Waals surface area contributed by atoms with E-state index >= 15 is 0 Å². The minimum absolute atomic E-state index is 0.138. The third kappa shape index (κ3) is 2.48. The largest absolute Gasteiger partial charge is 0.486 e. The predicted octanol–water partition coefficient (Wildman–Crippen LogP) is 3.81. The number of rotatable bonds is 2. The van der Waals surface area contributed by atoms with Gasteiger partial charge in [0.15, 0.2) is 11.5 Å². The van der Waals surface area contributed by atoms with Crippen molar-refractivity contribution in [1.82, 2.24) is 4.98 Å². The molecule has 0 bridgehead atoms. The maximum atomic E-state index is 12.8. The summed E-state index contributed by atoms with van der Waals surface area (Å²) in [7, 11) is 0. The summed E-state index contributed by atoms with van der Waals surface area (Å²) in [5, 5.41) is 3.89. The topological polar surface area (TPSA) is 63.4 Å². The number of fused-ring (bicyclic) bond motifs is 2. The lowest BCUT2D eigenvalue weighted by atomic mass is 10.1. The Hall–Kier alpha value is -2.95. The number of carbonyl (C=O) groups excluding carboxylic acids is 1.